The molecule has 1 fully saturated rings. The molecule has 0 radical (unpaired) electrons. The van der Waals surface area contributed by atoms with Crippen LogP contribution >= 0.6 is 23.2 Å². The minimum Gasteiger partial charge on any atom is -0.495 e. The average molecular weight is 690 g/mol. The molecule has 1 aromatic heterocycles. The molecule has 47 heavy (non-hydrogen) atoms. The zero-order valence-electron chi connectivity index (χ0n) is 25.3. The zero-order chi connectivity index (χ0) is 34.5. The first-order valence-corrected chi connectivity index (χ1v) is 14.3. The SMILES string of the molecule is COc1ccc(NC(=O)N(O)C2N(c3ccc(OC)c(Cl)c3)C(=O)N(CC(=O)NN=CC=Cc3ccc([N+](=O)[O-])o3)C2(C)C)cc1Cl. The van der Waals surface area contributed by atoms with E-state index in [4.69, 9.17) is 37.1 Å². The molecule has 1 atom stereocenters. The van der Waals surface area contributed by atoms with Crippen molar-refractivity contribution in [3.8, 4) is 11.5 Å². The molecule has 5 amide bonds. The van der Waals surface area contributed by atoms with E-state index in [-0.39, 0.29) is 27.2 Å². The number of furan rings is 1. The monoisotopic (exact) mass is 689 g/mol. The van der Waals surface area contributed by atoms with E-state index in [9.17, 15) is 29.7 Å². The standard InChI is InChI=1S/C29H29Cl2N7O9/c1-29(2)26(37(42)27(40)33-17-7-10-22(45-3)20(30)14-17)36(18-8-11-23(46-4)21(31)15-18)28(41)35(29)16-24(39)34-32-13-5-6-19-9-12-25(47-19)38(43)44/h5-15,26,42H,16H2,1-4H3,(H,33,40)(H,34,39). The number of hydrogen-bond acceptors (Lipinski definition) is 10. The molecule has 16 nitrogen and oxygen atoms in total. The third-order valence-corrected chi connectivity index (χ3v) is 7.56. The summed E-state index contributed by atoms with van der Waals surface area (Å²) >= 11 is 12.5. The van der Waals surface area contributed by atoms with Gasteiger partial charge in [0.15, 0.2) is 6.17 Å². The summed E-state index contributed by atoms with van der Waals surface area (Å²) in [6.45, 7) is 2.59. The summed E-state index contributed by atoms with van der Waals surface area (Å²) in [6.07, 6.45) is 2.57. The van der Waals surface area contributed by atoms with Gasteiger partial charge in [0, 0.05) is 17.6 Å². The van der Waals surface area contributed by atoms with E-state index in [0.29, 0.717) is 16.6 Å². The minimum atomic E-state index is -1.39. The number of methoxy groups -OCH3 is 2. The lowest BCUT2D eigenvalue weighted by molar-refractivity contribution is -0.402. The molecule has 2 heterocycles. The number of carbonyl (C=O) groups is 3. The van der Waals surface area contributed by atoms with E-state index in [0.717, 1.165) is 9.80 Å². The molecular weight excluding hydrogens is 661 g/mol. The number of rotatable bonds is 11. The van der Waals surface area contributed by atoms with Crippen LogP contribution in [0, 0.1) is 10.1 Å². The highest BCUT2D eigenvalue weighted by Crippen LogP contribution is 2.40. The first-order chi connectivity index (χ1) is 22.3. The van der Waals surface area contributed by atoms with Crippen molar-refractivity contribution in [2.45, 2.75) is 25.6 Å². The Kier molecular flexibility index (Phi) is 10.6. The van der Waals surface area contributed by atoms with Crippen molar-refractivity contribution in [2.75, 3.05) is 31.0 Å². The second-order valence-corrected chi connectivity index (χ2v) is 11.1. The number of amides is 5. The summed E-state index contributed by atoms with van der Waals surface area (Å²) in [6, 6.07) is 9.72. The molecule has 1 aliphatic rings. The summed E-state index contributed by atoms with van der Waals surface area (Å²) in [5.41, 5.74) is 1.32. The number of hydrazone groups is 1. The van der Waals surface area contributed by atoms with Crippen LogP contribution in [0.4, 0.5) is 26.8 Å². The number of anilines is 2. The van der Waals surface area contributed by atoms with Crippen molar-refractivity contribution in [3.05, 3.63) is 80.5 Å². The maximum atomic E-state index is 13.9. The van der Waals surface area contributed by atoms with Gasteiger partial charge in [-0.1, -0.05) is 23.2 Å². The lowest BCUT2D eigenvalue weighted by Gasteiger charge is -2.38. The number of hydroxylamine groups is 2. The Morgan fingerprint density at radius 1 is 1.13 bits per heavy atom. The van der Waals surface area contributed by atoms with E-state index in [1.54, 1.807) is 13.8 Å². The Balaban J connectivity index is 1.56. The Labute approximate surface area is 277 Å². The first kappa shape index (κ1) is 34.6. The lowest BCUT2D eigenvalue weighted by Crippen LogP contribution is -2.58. The van der Waals surface area contributed by atoms with Crippen LogP contribution in [0.5, 0.6) is 11.5 Å². The Morgan fingerprint density at radius 2 is 1.79 bits per heavy atom. The topological polar surface area (TPSA) is 192 Å². The zero-order valence-corrected chi connectivity index (χ0v) is 26.9. The van der Waals surface area contributed by atoms with E-state index in [1.165, 1.54) is 81.1 Å². The quantitative estimate of drug-likeness (QED) is 0.0995. The fourth-order valence-corrected chi connectivity index (χ4v) is 5.22. The fraction of sp³-hybridized carbons (Fsp3) is 0.241. The summed E-state index contributed by atoms with van der Waals surface area (Å²) in [4.78, 5) is 52.4. The van der Waals surface area contributed by atoms with Gasteiger partial charge in [-0.05, 0) is 68.5 Å². The highest BCUT2D eigenvalue weighted by molar-refractivity contribution is 6.32. The third-order valence-electron chi connectivity index (χ3n) is 6.97. The molecule has 248 valence electrons. The molecule has 0 spiro atoms. The molecule has 1 saturated heterocycles. The smallest absolute Gasteiger partial charge is 0.433 e. The van der Waals surface area contributed by atoms with Crippen LogP contribution < -0.4 is 25.1 Å². The van der Waals surface area contributed by atoms with E-state index >= 15 is 0 Å². The normalized spacial score (nSPS) is 15.7. The third kappa shape index (κ3) is 7.57. The van der Waals surface area contributed by atoms with Gasteiger partial charge >= 0.3 is 17.9 Å². The number of nitrogens with one attached hydrogen (secondary N) is 2. The number of nitro groups is 1. The summed E-state index contributed by atoms with van der Waals surface area (Å²) < 4.78 is 15.3. The highest BCUT2D eigenvalue weighted by Gasteiger charge is 2.56. The van der Waals surface area contributed by atoms with Crippen LogP contribution in [0.3, 0.4) is 0 Å². The van der Waals surface area contributed by atoms with Gasteiger partial charge in [0.25, 0.3) is 5.91 Å². The molecular formula is C29H29Cl2N7O9. The van der Waals surface area contributed by atoms with Crippen molar-refractivity contribution in [1.82, 2.24) is 15.4 Å². The number of allylic oxidation sites excluding steroid dienone is 1. The van der Waals surface area contributed by atoms with Crippen LogP contribution in [0.15, 0.2) is 64.1 Å². The van der Waals surface area contributed by atoms with Crippen LogP contribution in [-0.4, -0.2) is 76.7 Å². The number of nitrogens with zero attached hydrogens (tertiary/aromatic N) is 5. The second-order valence-electron chi connectivity index (χ2n) is 10.3. The number of benzene rings is 2. The first-order valence-electron chi connectivity index (χ1n) is 13.6. The predicted molar refractivity (Wildman–Crippen MR) is 172 cm³/mol. The van der Waals surface area contributed by atoms with E-state index in [1.807, 2.05) is 0 Å². The summed E-state index contributed by atoms with van der Waals surface area (Å²) in [5.74, 6) is -0.257. The van der Waals surface area contributed by atoms with Crippen LogP contribution in [0.25, 0.3) is 6.08 Å². The molecule has 3 aromatic rings. The summed E-state index contributed by atoms with van der Waals surface area (Å²) in [7, 11) is 2.85. The number of carbonyl (C=O) groups excluding carboxylic acids is 3. The van der Waals surface area contributed by atoms with Crippen molar-refractivity contribution >= 4 is 70.7 Å². The lowest BCUT2D eigenvalue weighted by atomic mass is 9.99. The van der Waals surface area contributed by atoms with Crippen molar-refractivity contribution in [3.63, 3.8) is 0 Å². The molecule has 3 N–H and O–H groups in total. The number of hydrogen-bond donors (Lipinski definition) is 3. The molecule has 18 heteroatoms. The van der Waals surface area contributed by atoms with Gasteiger partial charge in [0.05, 0.1) is 35.9 Å². The molecule has 4 rings (SSSR count). The molecule has 0 bridgehead atoms. The second kappa shape index (κ2) is 14.4. The highest BCUT2D eigenvalue weighted by atomic mass is 35.5. The molecule has 2 aromatic carbocycles. The van der Waals surface area contributed by atoms with Crippen molar-refractivity contribution < 1.29 is 38.4 Å². The van der Waals surface area contributed by atoms with Gasteiger partial charge in [-0.2, -0.15) is 10.2 Å². The van der Waals surface area contributed by atoms with Gasteiger partial charge in [-0.3, -0.25) is 25.0 Å². The number of halogens is 2. The average Bonchev–Trinajstić information content (AvgIpc) is 3.57. The largest absolute Gasteiger partial charge is 0.495 e. The van der Waals surface area contributed by atoms with Crippen LogP contribution in [0.1, 0.15) is 19.6 Å². The fourth-order valence-electron chi connectivity index (χ4n) is 4.71. The van der Waals surface area contributed by atoms with Gasteiger partial charge in [0.2, 0.25) is 0 Å². The number of urea groups is 2. The van der Waals surface area contributed by atoms with Gasteiger partial charge in [0.1, 0.15) is 28.7 Å². The maximum absolute atomic E-state index is 13.9. The van der Waals surface area contributed by atoms with Gasteiger partial charge < -0.3 is 24.1 Å². The van der Waals surface area contributed by atoms with Crippen molar-refractivity contribution in [1.29, 1.82) is 0 Å². The maximum Gasteiger partial charge on any atom is 0.433 e. The van der Waals surface area contributed by atoms with Crippen molar-refractivity contribution in [2.24, 2.45) is 5.10 Å². The molecule has 0 saturated carbocycles. The molecule has 1 aliphatic heterocycles. The number of ether oxygens (including phenoxy) is 2. The van der Waals surface area contributed by atoms with E-state index in [2.05, 4.69) is 15.8 Å². The van der Waals surface area contributed by atoms with E-state index < -0.39 is 47.0 Å². The Morgan fingerprint density at radius 3 is 2.38 bits per heavy atom. The predicted octanol–water partition coefficient (Wildman–Crippen LogP) is 5.60. The minimum absolute atomic E-state index is 0.152. The molecule has 1 unspecified atom stereocenters. The van der Waals surface area contributed by atoms with Gasteiger partial charge in [-0.25, -0.2) is 15.0 Å². The van der Waals surface area contributed by atoms with Crippen LogP contribution in [-0.2, 0) is 4.79 Å². The molecule has 0 aliphatic carbocycles. The Hall–Kier alpha value is -5.32. The van der Waals surface area contributed by atoms with Gasteiger partial charge in [-0.15, -0.1) is 0 Å². The summed E-state index contributed by atoms with van der Waals surface area (Å²) in [5, 5.41) is 29.1. The Bertz CT molecular complexity index is 1740. The van der Waals surface area contributed by atoms with Crippen LogP contribution in [0.2, 0.25) is 10.0 Å².